The highest BCUT2D eigenvalue weighted by Crippen LogP contribution is 2.15. The summed E-state index contributed by atoms with van der Waals surface area (Å²) in [6, 6.07) is 0. The van der Waals surface area contributed by atoms with Crippen LogP contribution in [0.3, 0.4) is 0 Å². The number of rotatable bonds is 6. The van der Waals surface area contributed by atoms with Gasteiger partial charge in [0.25, 0.3) is 5.91 Å². The molecule has 7 heteroatoms. The maximum Gasteiger partial charge on any atom is 0.306 e. The van der Waals surface area contributed by atoms with Crippen LogP contribution in [0.15, 0.2) is 0 Å². The third-order valence-corrected chi connectivity index (χ3v) is 4.01. The average molecular weight is 315 g/mol. The quantitative estimate of drug-likeness (QED) is 0.775. The second-order valence-corrected chi connectivity index (χ2v) is 5.84. The highest BCUT2D eigenvalue weighted by Gasteiger charge is 2.29. The van der Waals surface area contributed by atoms with Crippen molar-refractivity contribution in [2.45, 2.75) is 50.9 Å². The number of aliphatic carboxylic acids is 1. The number of carbonyl (C=O) groups is 2. The molecule has 0 radical (unpaired) electrons. The van der Waals surface area contributed by atoms with Crippen LogP contribution in [-0.2, 0) is 23.8 Å². The molecule has 2 fully saturated rings. The fraction of sp³-hybridized carbons (Fsp3) is 0.867. The molecule has 2 aliphatic heterocycles. The molecule has 0 aromatic rings. The lowest BCUT2D eigenvalue weighted by atomic mass is 10.1. The molecule has 0 bridgehead atoms. The normalized spacial score (nSPS) is 27.4. The van der Waals surface area contributed by atoms with Crippen LogP contribution in [0.25, 0.3) is 0 Å². The van der Waals surface area contributed by atoms with Gasteiger partial charge in [-0.3, -0.25) is 9.59 Å². The number of carbonyl (C=O) groups excluding carboxylic acids is 1. The Hall–Kier alpha value is -1.18. The van der Waals surface area contributed by atoms with E-state index >= 15 is 0 Å². The Bertz CT molecular complexity index is 382. The van der Waals surface area contributed by atoms with Gasteiger partial charge in [0.1, 0.15) is 6.10 Å². The van der Waals surface area contributed by atoms with Crippen molar-refractivity contribution >= 4 is 11.9 Å². The molecule has 0 aromatic carbocycles. The molecule has 7 nitrogen and oxygen atoms in total. The molecule has 126 valence electrons. The SMILES string of the molecule is C[C@H](OC[C@@H]1CCCCO1)C(=O)N1CCO[C@H](CC(=O)O)C1. The number of hydrogen-bond donors (Lipinski definition) is 1. The number of carboxylic acid groups (broad SMARTS) is 1. The third kappa shape index (κ3) is 5.23. The Morgan fingerprint density at radius 3 is 2.73 bits per heavy atom. The first-order chi connectivity index (χ1) is 10.6. The standard InChI is InChI=1S/C15H25NO6/c1-11(22-10-12-4-2-3-6-20-12)15(19)16-5-7-21-13(9-16)8-14(17)18/h11-13H,2-10H2,1H3,(H,17,18)/t11-,12-,13+/m0/s1. The van der Waals surface area contributed by atoms with Gasteiger partial charge < -0.3 is 24.2 Å². The predicted octanol–water partition coefficient (Wildman–Crippen LogP) is 0.663. The van der Waals surface area contributed by atoms with E-state index in [4.69, 9.17) is 19.3 Å². The molecule has 0 saturated carbocycles. The topological polar surface area (TPSA) is 85.3 Å². The molecule has 2 aliphatic rings. The van der Waals surface area contributed by atoms with E-state index in [0.29, 0.717) is 26.3 Å². The molecule has 2 saturated heterocycles. The monoisotopic (exact) mass is 315 g/mol. The molecule has 2 rings (SSSR count). The number of nitrogens with zero attached hydrogens (tertiary/aromatic N) is 1. The molecule has 0 unspecified atom stereocenters. The third-order valence-electron chi connectivity index (χ3n) is 4.01. The summed E-state index contributed by atoms with van der Waals surface area (Å²) in [5.41, 5.74) is 0. The van der Waals surface area contributed by atoms with Gasteiger partial charge in [-0.05, 0) is 26.2 Å². The molecular formula is C15H25NO6. The predicted molar refractivity (Wildman–Crippen MR) is 77.6 cm³/mol. The van der Waals surface area contributed by atoms with Crippen LogP contribution in [-0.4, -0.2) is 73.1 Å². The summed E-state index contributed by atoms with van der Waals surface area (Å²) in [5, 5.41) is 8.81. The van der Waals surface area contributed by atoms with Crippen LogP contribution in [0.4, 0.5) is 0 Å². The van der Waals surface area contributed by atoms with E-state index in [2.05, 4.69) is 0 Å². The van der Waals surface area contributed by atoms with Crippen LogP contribution in [0.2, 0.25) is 0 Å². The number of hydrogen-bond acceptors (Lipinski definition) is 5. The number of ether oxygens (including phenoxy) is 3. The molecule has 2 heterocycles. The van der Waals surface area contributed by atoms with Crippen molar-refractivity contribution < 1.29 is 28.9 Å². The van der Waals surface area contributed by atoms with Crippen LogP contribution in [0, 0.1) is 0 Å². The summed E-state index contributed by atoms with van der Waals surface area (Å²) >= 11 is 0. The maximum atomic E-state index is 12.4. The fourth-order valence-electron chi connectivity index (χ4n) is 2.76. The van der Waals surface area contributed by atoms with E-state index in [0.717, 1.165) is 25.9 Å². The molecule has 3 atom stereocenters. The molecule has 0 aromatic heterocycles. The van der Waals surface area contributed by atoms with Crippen molar-refractivity contribution in [3.05, 3.63) is 0 Å². The van der Waals surface area contributed by atoms with Gasteiger partial charge in [0, 0.05) is 19.7 Å². The first-order valence-electron chi connectivity index (χ1n) is 7.91. The molecule has 0 aliphatic carbocycles. The summed E-state index contributed by atoms with van der Waals surface area (Å²) < 4.78 is 16.6. The Morgan fingerprint density at radius 1 is 1.27 bits per heavy atom. The van der Waals surface area contributed by atoms with Crippen molar-refractivity contribution in [3.8, 4) is 0 Å². The van der Waals surface area contributed by atoms with Gasteiger partial charge in [-0.25, -0.2) is 0 Å². The summed E-state index contributed by atoms with van der Waals surface area (Å²) in [7, 11) is 0. The van der Waals surface area contributed by atoms with Crippen LogP contribution >= 0.6 is 0 Å². The zero-order valence-corrected chi connectivity index (χ0v) is 13.0. The lowest BCUT2D eigenvalue weighted by molar-refractivity contribution is -0.156. The minimum Gasteiger partial charge on any atom is -0.481 e. The van der Waals surface area contributed by atoms with Gasteiger partial charge in [0.15, 0.2) is 0 Å². The van der Waals surface area contributed by atoms with E-state index in [1.807, 2.05) is 0 Å². The van der Waals surface area contributed by atoms with Crippen molar-refractivity contribution in [1.82, 2.24) is 4.90 Å². The highest BCUT2D eigenvalue weighted by atomic mass is 16.5. The summed E-state index contributed by atoms with van der Waals surface area (Å²) in [4.78, 5) is 24.7. The first-order valence-corrected chi connectivity index (χ1v) is 7.91. The van der Waals surface area contributed by atoms with Crippen molar-refractivity contribution in [3.63, 3.8) is 0 Å². The van der Waals surface area contributed by atoms with Crippen LogP contribution < -0.4 is 0 Å². The largest absolute Gasteiger partial charge is 0.481 e. The van der Waals surface area contributed by atoms with Gasteiger partial charge in [-0.2, -0.15) is 0 Å². The minimum absolute atomic E-state index is 0.0773. The Balaban J connectivity index is 1.75. The number of morpholine rings is 1. The van der Waals surface area contributed by atoms with Gasteiger partial charge in [-0.15, -0.1) is 0 Å². The number of amides is 1. The van der Waals surface area contributed by atoms with E-state index in [1.165, 1.54) is 0 Å². The Kier molecular flexibility index (Phi) is 6.60. The zero-order chi connectivity index (χ0) is 15.9. The maximum absolute atomic E-state index is 12.4. The van der Waals surface area contributed by atoms with Crippen LogP contribution in [0.1, 0.15) is 32.6 Å². The van der Waals surface area contributed by atoms with E-state index < -0.39 is 18.2 Å². The highest BCUT2D eigenvalue weighted by molar-refractivity contribution is 5.80. The second-order valence-electron chi connectivity index (χ2n) is 5.84. The lowest BCUT2D eigenvalue weighted by Crippen LogP contribution is -2.50. The van der Waals surface area contributed by atoms with E-state index in [-0.39, 0.29) is 18.4 Å². The summed E-state index contributed by atoms with van der Waals surface area (Å²) in [6.45, 7) is 4.06. The molecule has 1 amide bonds. The molecule has 1 N–H and O–H groups in total. The van der Waals surface area contributed by atoms with Crippen LogP contribution in [0.5, 0.6) is 0 Å². The summed E-state index contributed by atoms with van der Waals surface area (Å²) in [5.74, 6) is -1.03. The zero-order valence-electron chi connectivity index (χ0n) is 13.0. The van der Waals surface area contributed by atoms with Crippen molar-refractivity contribution in [1.29, 1.82) is 0 Å². The molecular weight excluding hydrogens is 290 g/mol. The van der Waals surface area contributed by atoms with Gasteiger partial charge in [-0.1, -0.05) is 0 Å². The Labute approximate surface area is 130 Å². The molecule has 0 spiro atoms. The Morgan fingerprint density at radius 2 is 2.05 bits per heavy atom. The molecule has 22 heavy (non-hydrogen) atoms. The van der Waals surface area contributed by atoms with Crippen molar-refractivity contribution in [2.75, 3.05) is 32.9 Å². The summed E-state index contributed by atoms with van der Waals surface area (Å²) in [6.07, 6.45) is 2.20. The average Bonchev–Trinajstić information content (AvgIpc) is 2.52. The van der Waals surface area contributed by atoms with Gasteiger partial charge in [0.2, 0.25) is 0 Å². The first kappa shape index (κ1) is 17.2. The smallest absolute Gasteiger partial charge is 0.306 e. The van der Waals surface area contributed by atoms with Gasteiger partial charge in [0.05, 0.1) is 31.8 Å². The lowest BCUT2D eigenvalue weighted by Gasteiger charge is -2.34. The van der Waals surface area contributed by atoms with Gasteiger partial charge >= 0.3 is 5.97 Å². The van der Waals surface area contributed by atoms with Crippen molar-refractivity contribution in [2.24, 2.45) is 0 Å². The van der Waals surface area contributed by atoms with E-state index in [1.54, 1.807) is 11.8 Å². The minimum atomic E-state index is -0.918. The number of carboxylic acids is 1. The second kappa shape index (κ2) is 8.45. The van der Waals surface area contributed by atoms with E-state index in [9.17, 15) is 9.59 Å². The fourth-order valence-corrected chi connectivity index (χ4v) is 2.76.